The van der Waals surface area contributed by atoms with Gasteiger partial charge in [-0.2, -0.15) is 0 Å². The van der Waals surface area contributed by atoms with Gasteiger partial charge in [0.25, 0.3) is 5.91 Å². The van der Waals surface area contributed by atoms with Crippen LogP contribution in [0.5, 0.6) is 23.1 Å². The monoisotopic (exact) mass is 392 g/mol. The number of carbonyl (C=O) groups excluding carboxylic acids is 1. The Kier molecular flexibility index (Phi) is 6.68. The van der Waals surface area contributed by atoms with Crippen molar-refractivity contribution < 1.29 is 19.0 Å². The Morgan fingerprint density at radius 3 is 2.52 bits per heavy atom. The molecule has 0 atom stereocenters. The molecule has 1 heterocycles. The van der Waals surface area contributed by atoms with E-state index in [0.29, 0.717) is 23.9 Å². The van der Waals surface area contributed by atoms with Crippen molar-refractivity contribution in [2.45, 2.75) is 20.4 Å². The maximum atomic E-state index is 12.0. The van der Waals surface area contributed by atoms with E-state index >= 15 is 0 Å². The second kappa shape index (κ2) is 9.59. The SMILES string of the molecule is COc1ccccc1OCC(=O)NCc1ccc(Oc2cc(C)ccc2C)nc1. The maximum Gasteiger partial charge on any atom is 0.258 e. The molecule has 0 aliphatic rings. The second-order valence-corrected chi connectivity index (χ2v) is 6.59. The molecule has 1 N–H and O–H groups in total. The van der Waals surface area contributed by atoms with E-state index in [4.69, 9.17) is 14.2 Å². The van der Waals surface area contributed by atoms with Gasteiger partial charge in [-0.3, -0.25) is 4.79 Å². The fourth-order valence-corrected chi connectivity index (χ4v) is 2.64. The van der Waals surface area contributed by atoms with Crippen molar-refractivity contribution in [2.24, 2.45) is 0 Å². The third-order valence-corrected chi connectivity index (χ3v) is 4.27. The zero-order valence-corrected chi connectivity index (χ0v) is 16.8. The van der Waals surface area contributed by atoms with Crippen molar-refractivity contribution in [1.29, 1.82) is 0 Å². The molecule has 0 aliphatic heterocycles. The van der Waals surface area contributed by atoms with Crippen molar-refractivity contribution in [3.05, 3.63) is 77.5 Å². The molecule has 150 valence electrons. The van der Waals surface area contributed by atoms with Crippen LogP contribution in [0.25, 0.3) is 0 Å². The number of hydrogen-bond donors (Lipinski definition) is 1. The molecule has 0 aliphatic carbocycles. The van der Waals surface area contributed by atoms with Gasteiger partial charge < -0.3 is 19.5 Å². The van der Waals surface area contributed by atoms with Gasteiger partial charge in [-0.25, -0.2) is 4.98 Å². The molecule has 0 radical (unpaired) electrons. The average molecular weight is 392 g/mol. The molecule has 0 spiro atoms. The van der Waals surface area contributed by atoms with E-state index in [1.54, 1.807) is 31.5 Å². The molecule has 6 nitrogen and oxygen atoms in total. The zero-order valence-electron chi connectivity index (χ0n) is 16.8. The van der Waals surface area contributed by atoms with Gasteiger partial charge in [-0.05, 0) is 48.7 Å². The minimum atomic E-state index is -0.230. The number of aryl methyl sites for hydroxylation is 2. The Bertz CT molecular complexity index is 971. The summed E-state index contributed by atoms with van der Waals surface area (Å²) in [6.45, 7) is 4.27. The first-order valence-electron chi connectivity index (χ1n) is 9.27. The van der Waals surface area contributed by atoms with E-state index in [1.807, 2.05) is 50.2 Å². The normalized spacial score (nSPS) is 10.3. The number of amides is 1. The lowest BCUT2D eigenvalue weighted by atomic mass is 10.1. The highest BCUT2D eigenvalue weighted by Gasteiger charge is 2.08. The van der Waals surface area contributed by atoms with Crippen LogP contribution in [0.2, 0.25) is 0 Å². The Morgan fingerprint density at radius 1 is 1.00 bits per heavy atom. The fourth-order valence-electron chi connectivity index (χ4n) is 2.64. The number of ether oxygens (including phenoxy) is 3. The van der Waals surface area contributed by atoms with Crippen LogP contribution in [0.1, 0.15) is 16.7 Å². The Balaban J connectivity index is 1.49. The Morgan fingerprint density at radius 2 is 1.79 bits per heavy atom. The van der Waals surface area contributed by atoms with Crippen LogP contribution in [0.15, 0.2) is 60.8 Å². The van der Waals surface area contributed by atoms with Gasteiger partial charge in [0.05, 0.1) is 7.11 Å². The van der Waals surface area contributed by atoms with Gasteiger partial charge in [0, 0.05) is 18.8 Å². The van der Waals surface area contributed by atoms with Gasteiger partial charge in [0.2, 0.25) is 5.88 Å². The first-order valence-corrected chi connectivity index (χ1v) is 9.27. The van der Waals surface area contributed by atoms with Crippen LogP contribution in [-0.2, 0) is 11.3 Å². The highest BCUT2D eigenvalue weighted by Crippen LogP contribution is 2.26. The number of aromatic nitrogens is 1. The average Bonchev–Trinajstić information content (AvgIpc) is 2.74. The standard InChI is InChI=1S/C23H24N2O4/c1-16-8-9-17(2)21(12-16)29-23-11-10-18(14-25-23)13-24-22(26)15-28-20-7-5-4-6-19(20)27-3/h4-12,14H,13,15H2,1-3H3,(H,24,26). The molecule has 0 saturated heterocycles. The van der Waals surface area contributed by atoms with Crippen molar-refractivity contribution in [3.63, 3.8) is 0 Å². The van der Waals surface area contributed by atoms with Crippen LogP contribution in [0.4, 0.5) is 0 Å². The van der Waals surface area contributed by atoms with Crippen LogP contribution in [-0.4, -0.2) is 24.6 Å². The molecule has 1 aromatic heterocycles. The van der Waals surface area contributed by atoms with Gasteiger partial charge in [-0.15, -0.1) is 0 Å². The van der Waals surface area contributed by atoms with E-state index in [9.17, 15) is 4.79 Å². The molecule has 0 bridgehead atoms. The number of pyridine rings is 1. The Labute approximate surface area is 170 Å². The minimum Gasteiger partial charge on any atom is -0.493 e. The fraction of sp³-hybridized carbons (Fsp3) is 0.217. The second-order valence-electron chi connectivity index (χ2n) is 6.59. The van der Waals surface area contributed by atoms with Gasteiger partial charge >= 0.3 is 0 Å². The summed E-state index contributed by atoms with van der Waals surface area (Å²) in [5, 5.41) is 2.81. The number of rotatable bonds is 8. The van der Waals surface area contributed by atoms with Crippen molar-refractivity contribution in [3.8, 4) is 23.1 Å². The molecule has 1 amide bonds. The smallest absolute Gasteiger partial charge is 0.258 e. The van der Waals surface area contributed by atoms with Crippen molar-refractivity contribution >= 4 is 5.91 Å². The van der Waals surface area contributed by atoms with E-state index in [2.05, 4.69) is 10.3 Å². The summed E-state index contributed by atoms with van der Waals surface area (Å²) in [5.41, 5.74) is 3.04. The topological polar surface area (TPSA) is 69.7 Å². The molecular formula is C23H24N2O4. The highest BCUT2D eigenvalue weighted by molar-refractivity contribution is 5.77. The summed E-state index contributed by atoms with van der Waals surface area (Å²) in [6, 6.07) is 16.9. The molecule has 2 aromatic carbocycles. The predicted molar refractivity (Wildman–Crippen MR) is 111 cm³/mol. The third-order valence-electron chi connectivity index (χ3n) is 4.27. The molecule has 0 saturated carbocycles. The minimum absolute atomic E-state index is 0.0956. The number of carbonyl (C=O) groups is 1. The van der Waals surface area contributed by atoms with Crippen LogP contribution in [0, 0.1) is 13.8 Å². The highest BCUT2D eigenvalue weighted by atomic mass is 16.5. The lowest BCUT2D eigenvalue weighted by Crippen LogP contribution is -2.28. The number of para-hydroxylation sites is 2. The first-order chi connectivity index (χ1) is 14.0. The Hall–Kier alpha value is -3.54. The summed E-state index contributed by atoms with van der Waals surface area (Å²) in [6.07, 6.45) is 1.68. The van der Waals surface area contributed by atoms with E-state index < -0.39 is 0 Å². The number of hydrogen-bond acceptors (Lipinski definition) is 5. The number of methoxy groups -OCH3 is 1. The maximum absolute atomic E-state index is 12.0. The van der Waals surface area contributed by atoms with E-state index in [0.717, 1.165) is 22.4 Å². The summed E-state index contributed by atoms with van der Waals surface area (Å²) < 4.78 is 16.6. The van der Waals surface area contributed by atoms with Gasteiger partial charge in [0.1, 0.15) is 5.75 Å². The lowest BCUT2D eigenvalue weighted by molar-refractivity contribution is -0.123. The van der Waals surface area contributed by atoms with E-state index in [-0.39, 0.29) is 12.5 Å². The van der Waals surface area contributed by atoms with E-state index in [1.165, 1.54) is 0 Å². The largest absolute Gasteiger partial charge is 0.493 e. The summed E-state index contributed by atoms with van der Waals surface area (Å²) in [7, 11) is 1.56. The first kappa shape index (κ1) is 20.2. The van der Waals surface area contributed by atoms with Crippen LogP contribution in [0.3, 0.4) is 0 Å². The molecule has 6 heteroatoms. The predicted octanol–water partition coefficient (Wildman–Crippen LogP) is 4.19. The molecule has 3 aromatic rings. The molecule has 3 rings (SSSR count). The number of benzene rings is 2. The molecule has 29 heavy (non-hydrogen) atoms. The van der Waals surface area contributed by atoms with Crippen LogP contribution < -0.4 is 19.5 Å². The third kappa shape index (κ3) is 5.72. The summed E-state index contributed by atoms with van der Waals surface area (Å²) in [5.74, 6) is 2.18. The number of nitrogens with one attached hydrogen (secondary N) is 1. The van der Waals surface area contributed by atoms with Crippen molar-refractivity contribution in [2.75, 3.05) is 13.7 Å². The molecule has 0 fully saturated rings. The van der Waals surface area contributed by atoms with Gasteiger partial charge in [0.15, 0.2) is 18.1 Å². The number of nitrogens with zero attached hydrogens (tertiary/aromatic N) is 1. The summed E-state index contributed by atoms with van der Waals surface area (Å²) >= 11 is 0. The molecular weight excluding hydrogens is 368 g/mol. The van der Waals surface area contributed by atoms with Crippen molar-refractivity contribution in [1.82, 2.24) is 10.3 Å². The zero-order chi connectivity index (χ0) is 20.6. The van der Waals surface area contributed by atoms with Gasteiger partial charge in [-0.1, -0.05) is 30.3 Å². The quantitative estimate of drug-likeness (QED) is 0.622. The van der Waals surface area contributed by atoms with Crippen LogP contribution >= 0.6 is 0 Å². The molecule has 0 unspecified atom stereocenters. The summed E-state index contributed by atoms with van der Waals surface area (Å²) in [4.78, 5) is 16.4. The lowest BCUT2D eigenvalue weighted by Gasteiger charge is -2.11.